The molecule has 3 aliphatic heterocycles. The molecule has 9 heteroatoms. The highest BCUT2D eigenvalue weighted by atomic mass is 32.2. The molecule has 5 nitrogen and oxygen atoms in total. The molecule has 0 aromatic heterocycles. The molecule has 132 valence electrons. The molecule has 1 aromatic carbocycles. The van der Waals surface area contributed by atoms with Crippen molar-refractivity contribution in [3.05, 3.63) is 41.5 Å². The first-order valence-electron chi connectivity index (χ1n) is 7.58. The zero-order valence-electron chi connectivity index (χ0n) is 13.0. The quantitative estimate of drug-likeness (QED) is 0.712. The lowest BCUT2D eigenvalue weighted by molar-refractivity contribution is -0.137. The maximum absolute atomic E-state index is 13.2. The van der Waals surface area contributed by atoms with Gasteiger partial charge in [-0.1, -0.05) is 12.2 Å². The van der Waals surface area contributed by atoms with Gasteiger partial charge in [0.05, 0.1) is 34.6 Å². The minimum Gasteiger partial charge on any atom is -0.362 e. The van der Waals surface area contributed by atoms with Crippen LogP contribution in [0.15, 0.2) is 30.4 Å². The molecule has 0 saturated carbocycles. The molecule has 0 aliphatic carbocycles. The minimum atomic E-state index is -4.74. The maximum atomic E-state index is 13.2. The van der Waals surface area contributed by atoms with Gasteiger partial charge in [0, 0.05) is 12.5 Å². The van der Waals surface area contributed by atoms with Crippen molar-refractivity contribution in [1.29, 1.82) is 5.26 Å². The fourth-order valence-corrected chi connectivity index (χ4v) is 6.29. The van der Waals surface area contributed by atoms with Gasteiger partial charge in [-0.15, -0.1) is 0 Å². The predicted octanol–water partition coefficient (Wildman–Crippen LogP) is 2.44. The number of hydrogen-bond donors (Lipinski definition) is 0. The molecule has 4 rings (SSSR count). The average Bonchev–Trinajstić information content (AvgIpc) is 3.13. The fourth-order valence-electron chi connectivity index (χ4n) is 3.96. The zero-order valence-corrected chi connectivity index (χ0v) is 13.8. The Morgan fingerprint density at radius 3 is 2.72 bits per heavy atom. The molecule has 2 fully saturated rings. The number of benzene rings is 1. The van der Waals surface area contributed by atoms with Crippen LogP contribution in [-0.2, 0) is 20.9 Å². The van der Waals surface area contributed by atoms with Crippen LogP contribution in [-0.4, -0.2) is 31.9 Å². The van der Waals surface area contributed by atoms with E-state index in [4.69, 9.17) is 10.00 Å². The van der Waals surface area contributed by atoms with E-state index in [0.29, 0.717) is 0 Å². The molecule has 2 saturated heterocycles. The Hall–Kier alpha value is -2.05. The molecule has 0 N–H and O–H groups in total. The van der Waals surface area contributed by atoms with E-state index in [9.17, 15) is 21.6 Å². The van der Waals surface area contributed by atoms with Crippen molar-refractivity contribution in [2.75, 3.05) is 10.8 Å². The average molecular weight is 370 g/mol. The number of halogens is 3. The van der Waals surface area contributed by atoms with Crippen molar-refractivity contribution in [2.24, 2.45) is 5.92 Å². The molecule has 4 atom stereocenters. The summed E-state index contributed by atoms with van der Waals surface area (Å²) in [6.07, 6.45) is -1.80. The van der Waals surface area contributed by atoms with Gasteiger partial charge in [0.2, 0.25) is 10.0 Å². The van der Waals surface area contributed by atoms with Crippen LogP contribution >= 0.6 is 0 Å². The third kappa shape index (κ3) is 2.14. The first kappa shape index (κ1) is 16.4. The number of hydrogen-bond acceptors (Lipinski definition) is 4. The summed E-state index contributed by atoms with van der Waals surface area (Å²) < 4.78 is 72.0. The monoisotopic (exact) mass is 370 g/mol. The van der Waals surface area contributed by atoms with Crippen molar-refractivity contribution in [3.8, 4) is 6.07 Å². The molecule has 0 unspecified atom stereocenters. The number of fused-ring (bicyclic) bond motifs is 5. The van der Waals surface area contributed by atoms with Crippen LogP contribution in [0, 0.1) is 17.2 Å². The van der Waals surface area contributed by atoms with E-state index in [1.807, 2.05) is 6.08 Å². The second-order valence-corrected chi connectivity index (χ2v) is 8.63. The molecule has 1 aromatic rings. The summed E-state index contributed by atoms with van der Waals surface area (Å²) in [6.45, 7) is 1.83. The summed E-state index contributed by atoms with van der Waals surface area (Å²) in [5.41, 5.74) is -2.48. The molecule has 3 heterocycles. The SMILES string of the molecule is C[C@@]12C=C[C@@H](O1)[C@H]1[C@@H]2CN(c2ccc(C#N)c(C(F)(F)F)c2)S1(=O)=O. The van der Waals surface area contributed by atoms with E-state index in [-0.39, 0.29) is 18.2 Å². The van der Waals surface area contributed by atoms with Gasteiger partial charge in [-0.3, -0.25) is 4.31 Å². The number of ether oxygens (including phenoxy) is 1. The molecule has 0 spiro atoms. The summed E-state index contributed by atoms with van der Waals surface area (Å²) >= 11 is 0. The standard InChI is InChI=1S/C16H13F3N2O3S/c1-15-5-4-13(24-15)14-12(15)8-21(25(14,22)23)10-3-2-9(7-20)11(6-10)16(17,18)19/h2-6,12-14H,8H2,1H3/t12-,13+,14+,15-/m0/s1. The second kappa shape index (κ2) is 4.77. The highest BCUT2D eigenvalue weighted by Gasteiger charge is 2.64. The summed E-state index contributed by atoms with van der Waals surface area (Å²) in [5.74, 6) is -0.350. The van der Waals surface area contributed by atoms with E-state index in [0.717, 1.165) is 16.4 Å². The number of nitrogens with zero attached hydrogens (tertiary/aromatic N) is 2. The number of nitriles is 1. The van der Waals surface area contributed by atoms with Gasteiger partial charge in [0.25, 0.3) is 0 Å². The minimum absolute atomic E-state index is 0.0491. The maximum Gasteiger partial charge on any atom is 0.417 e. The fraction of sp³-hybridized carbons (Fsp3) is 0.438. The van der Waals surface area contributed by atoms with Gasteiger partial charge in [0.1, 0.15) is 5.25 Å². The molecular weight excluding hydrogens is 357 g/mol. The van der Waals surface area contributed by atoms with Gasteiger partial charge < -0.3 is 4.74 Å². The van der Waals surface area contributed by atoms with E-state index >= 15 is 0 Å². The van der Waals surface area contributed by atoms with E-state index < -0.39 is 44.3 Å². The second-order valence-electron chi connectivity index (χ2n) is 6.61. The summed E-state index contributed by atoms with van der Waals surface area (Å²) in [5, 5.41) is 8.08. The van der Waals surface area contributed by atoms with E-state index in [1.54, 1.807) is 13.0 Å². The van der Waals surface area contributed by atoms with Crippen LogP contribution in [0.3, 0.4) is 0 Å². The Kier molecular flexibility index (Phi) is 3.13. The van der Waals surface area contributed by atoms with Crippen LogP contribution in [0.1, 0.15) is 18.1 Å². The van der Waals surface area contributed by atoms with Gasteiger partial charge in [0.15, 0.2) is 0 Å². The Labute approximate surface area is 142 Å². The largest absolute Gasteiger partial charge is 0.417 e. The van der Waals surface area contributed by atoms with Crippen molar-refractivity contribution < 1.29 is 26.3 Å². The smallest absolute Gasteiger partial charge is 0.362 e. The Bertz CT molecular complexity index is 935. The Morgan fingerprint density at radius 1 is 1.40 bits per heavy atom. The van der Waals surface area contributed by atoms with E-state index in [2.05, 4.69) is 0 Å². The first-order valence-corrected chi connectivity index (χ1v) is 9.08. The van der Waals surface area contributed by atoms with Gasteiger partial charge >= 0.3 is 6.18 Å². The molecule has 0 amide bonds. The molecular formula is C16H13F3N2O3S. The van der Waals surface area contributed by atoms with Gasteiger partial charge in [-0.05, 0) is 25.1 Å². The summed E-state index contributed by atoms with van der Waals surface area (Å²) in [6, 6.07) is 4.47. The summed E-state index contributed by atoms with van der Waals surface area (Å²) in [7, 11) is -3.86. The molecule has 0 radical (unpaired) electrons. The Balaban J connectivity index is 1.79. The molecule has 2 bridgehead atoms. The zero-order chi connectivity index (χ0) is 18.2. The van der Waals surface area contributed by atoms with Crippen LogP contribution in [0.25, 0.3) is 0 Å². The first-order chi connectivity index (χ1) is 11.6. The number of alkyl halides is 3. The third-order valence-electron chi connectivity index (χ3n) is 5.19. The van der Waals surface area contributed by atoms with Gasteiger partial charge in [-0.25, -0.2) is 8.42 Å². The van der Waals surface area contributed by atoms with Crippen molar-refractivity contribution in [3.63, 3.8) is 0 Å². The number of sulfonamides is 1. The van der Waals surface area contributed by atoms with Crippen LogP contribution in [0.5, 0.6) is 0 Å². The van der Waals surface area contributed by atoms with Crippen molar-refractivity contribution in [1.82, 2.24) is 0 Å². The van der Waals surface area contributed by atoms with Crippen LogP contribution < -0.4 is 4.31 Å². The topological polar surface area (TPSA) is 70.4 Å². The Morgan fingerprint density at radius 2 is 2.12 bits per heavy atom. The van der Waals surface area contributed by atoms with Crippen LogP contribution in [0.2, 0.25) is 0 Å². The van der Waals surface area contributed by atoms with E-state index in [1.165, 1.54) is 12.1 Å². The normalized spacial score (nSPS) is 35.0. The lowest BCUT2D eigenvalue weighted by Gasteiger charge is -2.25. The predicted molar refractivity (Wildman–Crippen MR) is 82.1 cm³/mol. The van der Waals surface area contributed by atoms with Crippen molar-refractivity contribution in [2.45, 2.75) is 30.1 Å². The number of rotatable bonds is 1. The highest BCUT2D eigenvalue weighted by Crippen LogP contribution is 2.51. The molecule has 3 aliphatic rings. The van der Waals surface area contributed by atoms with Crippen molar-refractivity contribution >= 4 is 15.7 Å². The highest BCUT2D eigenvalue weighted by molar-refractivity contribution is 7.93. The lowest BCUT2D eigenvalue weighted by Crippen LogP contribution is -2.35. The van der Waals surface area contributed by atoms with Crippen LogP contribution in [0.4, 0.5) is 18.9 Å². The lowest BCUT2D eigenvalue weighted by atomic mass is 9.84. The third-order valence-corrected chi connectivity index (χ3v) is 7.45. The molecule has 25 heavy (non-hydrogen) atoms. The summed E-state index contributed by atoms with van der Waals surface area (Å²) in [4.78, 5) is 0. The van der Waals surface area contributed by atoms with Gasteiger partial charge in [-0.2, -0.15) is 18.4 Å². The number of anilines is 1.